The fourth-order valence-corrected chi connectivity index (χ4v) is 6.68. The molecule has 1 aromatic carbocycles. The number of hydrogen-bond donors (Lipinski definition) is 1. The van der Waals surface area contributed by atoms with Gasteiger partial charge in [0.2, 0.25) is 11.9 Å². The number of aryl methyl sites for hydroxylation is 2. The number of nitrogens with zero attached hydrogens (tertiary/aromatic N) is 7. The third-order valence-corrected chi connectivity index (χ3v) is 9.24. The van der Waals surface area contributed by atoms with Crippen molar-refractivity contribution in [3.05, 3.63) is 69.2 Å². The van der Waals surface area contributed by atoms with E-state index in [2.05, 4.69) is 33.2 Å². The van der Waals surface area contributed by atoms with Gasteiger partial charge in [0.1, 0.15) is 11.5 Å². The number of aromatic nitrogens is 4. The summed E-state index contributed by atoms with van der Waals surface area (Å²) in [6.07, 6.45) is 3.75. The second-order valence-electron chi connectivity index (χ2n) is 11.8. The van der Waals surface area contributed by atoms with Crippen LogP contribution >= 0.6 is 11.6 Å². The molecular formula is C33H39ClN8O2. The maximum atomic E-state index is 14.4. The number of piperidine rings is 1. The van der Waals surface area contributed by atoms with Crippen LogP contribution in [0.5, 0.6) is 0 Å². The highest BCUT2D eigenvalue weighted by Gasteiger charge is 2.29. The highest BCUT2D eigenvalue weighted by atomic mass is 35.5. The van der Waals surface area contributed by atoms with E-state index in [4.69, 9.17) is 21.6 Å². The molecule has 11 heteroatoms. The van der Waals surface area contributed by atoms with Crippen molar-refractivity contribution in [1.29, 1.82) is 0 Å². The predicted molar refractivity (Wildman–Crippen MR) is 176 cm³/mol. The molecule has 0 radical (unpaired) electrons. The minimum Gasteiger partial charge on any atom is -0.368 e. The Hall–Kier alpha value is -4.02. The molecular weight excluding hydrogens is 576 g/mol. The van der Waals surface area contributed by atoms with E-state index >= 15 is 0 Å². The van der Waals surface area contributed by atoms with Crippen molar-refractivity contribution in [2.45, 2.75) is 46.1 Å². The van der Waals surface area contributed by atoms with Crippen molar-refractivity contribution in [3.63, 3.8) is 0 Å². The van der Waals surface area contributed by atoms with Crippen molar-refractivity contribution in [1.82, 2.24) is 29.3 Å². The van der Waals surface area contributed by atoms with Crippen LogP contribution in [0.4, 0.5) is 17.5 Å². The number of carbonyl (C=O) groups excluding carboxylic acids is 1. The molecule has 2 aliphatic rings. The molecule has 1 N–H and O–H groups in total. The highest BCUT2D eigenvalue weighted by molar-refractivity contribution is 6.33. The molecule has 10 nitrogen and oxygen atoms in total. The first-order chi connectivity index (χ1) is 21.2. The van der Waals surface area contributed by atoms with Crippen LogP contribution in [0, 0.1) is 13.8 Å². The lowest BCUT2D eigenvalue weighted by molar-refractivity contribution is -0.132. The molecule has 0 spiro atoms. The lowest BCUT2D eigenvalue weighted by Crippen LogP contribution is -2.44. The third kappa shape index (κ3) is 5.76. The Kier molecular flexibility index (Phi) is 8.55. The Morgan fingerprint density at radius 2 is 1.82 bits per heavy atom. The minimum atomic E-state index is -0.234. The van der Waals surface area contributed by atoms with Gasteiger partial charge in [-0.05, 0) is 57.5 Å². The summed E-state index contributed by atoms with van der Waals surface area (Å²) < 4.78 is 1.76. The number of fused-ring (bicyclic) bond motifs is 1. The van der Waals surface area contributed by atoms with E-state index < -0.39 is 0 Å². The molecule has 4 aromatic rings. The van der Waals surface area contributed by atoms with Gasteiger partial charge in [-0.1, -0.05) is 36.7 Å². The van der Waals surface area contributed by atoms with Gasteiger partial charge in [0.25, 0.3) is 5.56 Å². The van der Waals surface area contributed by atoms with Gasteiger partial charge in [-0.2, -0.15) is 4.98 Å². The molecule has 0 saturated carbocycles. The number of carbonyl (C=O) groups is 1. The Labute approximate surface area is 262 Å². The topological polar surface area (TPSA) is 99.5 Å². The molecule has 3 aromatic heterocycles. The van der Waals surface area contributed by atoms with Gasteiger partial charge in [-0.15, -0.1) is 0 Å². The molecule has 44 heavy (non-hydrogen) atoms. The number of halogens is 1. The maximum absolute atomic E-state index is 14.4. The van der Waals surface area contributed by atoms with Gasteiger partial charge >= 0.3 is 0 Å². The summed E-state index contributed by atoms with van der Waals surface area (Å²) in [4.78, 5) is 48.0. The summed E-state index contributed by atoms with van der Waals surface area (Å²) in [7, 11) is 2.15. The molecule has 1 unspecified atom stereocenters. The molecule has 2 aliphatic heterocycles. The number of amides is 1. The predicted octanol–water partition coefficient (Wildman–Crippen LogP) is 5.19. The van der Waals surface area contributed by atoms with E-state index in [0.29, 0.717) is 53.1 Å². The standard InChI is InChI=1S/C33H39ClN8O2/c1-5-29(43)41-14-8-9-23(20-41)42-31-25(21(2)30(32(42)44)24-10-6-7-11-26(24)34)19-35-33(38-31)37-28-13-12-27(22(3)36-28)40-17-15-39(4)16-18-40/h6-7,10-13,19,23H,5,8-9,14-18,20H2,1-4H3,(H,35,36,37,38). The van der Waals surface area contributed by atoms with Crippen LogP contribution in [-0.2, 0) is 4.79 Å². The third-order valence-electron chi connectivity index (χ3n) is 8.91. The number of rotatable bonds is 6. The summed E-state index contributed by atoms with van der Waals surface area (Å²) in [5, 5.41) is 4.54. The lowest BCUT2D eigenvalue weighted by Gasteiger charge is -2.34. The average molecular weight is 615 g/mol. The number of hydrogen-bond acceptors (Lipinski definition) is 8. The molecule has 5 heterocycles. The SMILES string of the molecule is CCC(=O)N1CCCC(n2c(=O)c(-c3ccccc3Cl)c(C)c3cnc(Nc4ccc(N5CCN(C)CC5)c(C)n4)nc32)C1. The van der Waals surface area contributed by atoms with E-state index in [1.54, 1.807) is 16.8 Å². The van der Waals surface area contributed by atoms with Crippen molar-refractivity contribution < 1.29 is 4.79 Å². The van der Waals surface area contributed by atoms with Crippen molar-refractivity contribution >= 4 is 46.0 Å². The van der Waals surface area contributed by atoms with E-state index in [-0.39, 0.29) is 17.5 Å². The summed E-state index contributed by atoms with van der Waals surface area (Å²) in [6.45, 7) is 10.9. The van der Waals surface area contributed by atoms with E-state index in [0.717, 1.165) is 61.4 Å². The van der Waals surface area contributed by atoms with E-state index in [1.165, 1.54) is 0 Å². The smallest absolute Gasteiger partial charge is 0.260 e. The lowest BCUT2D eigenvalue weighted by atomic mass is 9.98. The van der Waals surface area contributed by atoms with Gasteiger partial charge in [0.05, 0.1) is 23.0 Å². The number of benzene rings is 1. The quantitative estimate of drug-likeness (QED) is 0.317. The summed E-state index contributed by atoms with van der Waals surface area (Å²) >= 11 is 6.62. The maximum Gasteiger partial charge on any atom is 0.260 e. The zero-order chi connectivity index (χ0) is 31.0. The fraction of sp³-hybridized carbons (Fsp3) is 0.424. The molecule has 1 amide bonds. The second-order valence-corrected chi connectivity index (χ2v) is 12.2. The Morgan fingerprint density at radius 3 is 2.55 bits per heavy atom. The second kappa shape index (κ2) is 12.5. The van der Waals surface area contributed by atoms with E-state index in [1.807, 2.05) is 49.9 Å². The van der Waals surface area contributed by atoms with Crippen molar-refractivity contribution in [2.75, 3.05) is 56.5 Å². The van der Waals surface area contributed by atoms with Crippen LogP contribution in [0.2, 0.25) is 5.02 Å². The number of pyridine rings is 2. The Morgan fingerprint density at radius 1 is 1.05 bits per heavy atom. The fourth-order valence-electron chi connectivity index (χ4n) is 6.45. The van der Waals surface area contributed by atoms with Crippen molar-refractivity contribution in [3.8, 4) is 11.1 Å². The molecule has 1 atom stereocenters. The molecule has 0 aliphatic carbocycles. The van der Waals surface area contributed by atoms with Gasteiger partial charge in [0.15, 0.2) is 0 Å². The number of anilines is 3. The van der Waals surface area contributed by atoms with Crippen LogP contribution in [0.15, 0.2) is 47.4 Å². The molecule has 2 saturated heterocycles. The van der Waals surface area contributed by atoms with Gasteiger partial charge in [-0.3, -0.25) is 14.2 Å². The van der Waals surface area contributed by atoms with Crippen LogP contribution in [0.25, 0.3) is 22.2 Å². The zero-order valence-electron chi connectivity index (χ0n) is 25.8. The van der Waals surface area contributed by atoms with Gasteiger partial charge in [-0.25, -0.2) is 9.97 Å². The van der Waals surface area contributed by atoms with Crippen LogP contribution in [0.1, 0.15) is 43.5 Å². The molecule has 230 valence electrons. The van der Waals surface area contributed by atoms with Crippen LogP contribution in [-0.4, -0.2) is 81.5 Å². The summed E-state index contributed by atoms with van der Waals surface area (Å²) in [6, 6.07) is 11.2. The van der Waals surface area contributed by atoms with Crippen LogP contribution in [0.3, 0.4) is 0 Å². The molecule has 6 rings (SSSR count). The highest BCUT2D eigenvalue weighted by Crippen LogP contribution is 2.34. The summed E-state index contributed by atoms with van der Waals surface area (Å²) in [5.74, 6) is 1.08. The monoisotopic (exact) mass is 614 g/mol. The molecule has 2 fully saturated rings. The number of likely N-dealkylation sites (N-methyl/N-ethyl adjacent to an activating group) is 1. The summed E-state index contributed by atoms with van der Waals surface area (Å²) in [5.41, 5.74) is 4.39. The average Bonchev–Trinajstić information content (AvgIpc) is 3.02. The van der Waals surface area contributed by atoms with E-state index in [9.17, 15) is 9.59 Å². The Bertz CT molecular complexity index is 1770. The Balaban J connectivity index is 1.42. The number of nitrogens with one attached hydrogen (secondary N) is 1. The van der Waals surface area contributed by atoms with Crippen molar-refractivity contribution in [2.24, 2.45) is 0 Å². The van der Waals surface area contributed by atoms with Crippen LogP contribution < -0.4 is 15.8 Å². The zero-order valence-corrected chi connectivity index (χ0v) is 26.6. The van der Waals surface area contributed by atoms with Gasteiger partial charge in [0, 0.05) is 67.9 Å². The number of piperazine rings is 1. The normalized spacial score (nSPS) is 17.7. The van der Waals surface area contributed by atoms with Gasteiger partial charge < -0.3 is 20.0 Å². The first-order valence-electron chi connectivity index (χ1n) is 15.4. The minimum absolute atomic E-state index is 0.0870. The first kappa shape index (κ1) is 30.0. The largest absolute Gasteiger partial charge is 0.368 e. The first-order valence-corrected chi connectivity index (χ1v) is 15.8. The number of likely N-dealkylation sites (tertiary alicyclic amines) is 1. The molecule has 0 bridgehead atoms.